The molecule has 9 nitrogen and oxygen atoms in total. The molecule has 0 aromatic heterocycles. The van der Waals surface area contributed by atoms with E-state index in [9.17, 15) is 22.8 Å². The summed E-state index contributed by atoms with van der Waals surface area (Å²) in [5.74, 6) is -1.30. The Kier molecular flexibility index (Phi) is 7.58. The standard InChI is InChI=1S/C30H39N3O6S/c1-5-9-23-26-24(33(28(23)35)40(37,38)25-13-8-11-20-10-6-7-12-22(20)25)16-19-32(26)27(34)21-14-17-31(18-15-21)29(36)39-30(2,3)4/h6-8,10-13,21,23-24,26H,5,9,14-19H2,1-4H3/t23-,24+,26-/m1/s1. The van der Waals surface area contributed by atoms with Crippen molar-refractivity contribution in [3.63, 3.8) is 0 Å². The van der Waals surface area contributed by atoms with Gasteiger partial charge in [-0.2, -0.15) is 0 Å². The molecule has 2 aromatic carbocycles. The lowest BCUT2D eigenvalue weighted by Crippen LogP contribution is -2.49. The summed E-state index contributed by atoms with van der Waals surface area (Å²) >= 11 is 0. The number of carbonyl (C=O) groups is 3. The minimum absolute atomic E-state index is 0.0466. The van der Waals surface area contributed by atoms with Gasteiger partial charge in [-0.25, -0.2) is 17.5 Å². The second-order valence-electron chi connectivity index (χ2n) is 12.1. The van der Waals surface area contributed by atoms with E-state index in [-0.39, 0.29) is 22.8 Å². The molecule has 5 rings (SSSR count). The Morgan fingerprint density at radius 3 is 2.33 bits per heavy atom. The molecule has 0 unspecified atom stereocenters. The van der Waals surface area contributed by atoms with Gasteiger partial charge in [-0.15, -0.1) is 0 Å². The zero-order valence-corrected chi connectivity index (χ0v) is 24.5. The maximum atomic E-state index is 14.1. The van der Waals surface area contributed by atoms with Crippen molar-refractivity contribution in [1.82, 2.24) is 14.1 Å². The molecule has 216 valence electrons. The summed E-state index contributed by atoms with van der Waals surface area (Å²) in [6.07, 6.45) is 2.29. The van der Waals surface area contributed by atoms with Crippen LogP contribution >= 0.6 is 0 Å². The van der Waals surface area contributed by atoms with E-state index in [0.717, 1.165) is 9.69 Å². The van der Waals surface area contributed by atoms with Crippen LogP contribution in [0.3, 0.4) is 0 Å². The summed E-state index contributed by atoms with van der Waals surface area (Å²) in [6.45, 7) is 8.70. The lowest BCUT2D eigenvalue weighted by molar-refractivity contribution is -0.139. The molecule has 3 saturated heterocycles. The molecular formula is C30H39N3O6S. The molecule has 0 spiro atoms. The molecule has 0 bridgehead atoms. The molecular weight excluding hydrogens is 530 g/mol. The second kappa shape index (κ2) is 10.7. The first-order chi connectivity index (χ1) is 18.9. The average Bonchev–Trinajstić information content (AvgIpc) is 3.45. The van der Waals surface area contributed by atoms with Crippen LogP contribution in [0.2, 0.25) is 0 Å². The minimum atomic E-state index is -4.14. The number of nitrogens with zero attached hydrogens (tertiary/aromatic N) is 3. The van der Waals surface area contributed by atoms with E-state index in [1.165, 1.54) is 0 Å². The Morgan fingerprint density at radius 2 is 1.65 bits per heavy atom. The topological polar surface area (TPSA) is 104 Å². The first-order valence-electron chi connectivity index (χ1n) is 14.3. The van der Waals surface area contributed by atoms with Crippen molar-refractivity contribution in [3.8, 4) is 0 Å². The molecule has 3 aliphatic rings. The monoisotopic (exact) mass is 569 g/mol. The number of rotatable bonds is 5. The van der Waals surface area contributed by atoms with Crippen molar-refractivity contribution in [1.29, 1.82) is 0 Å². The van der Waals surface area contributed by atoms with Crippen molar-refractivity contribution >= 4 is 38.7 Å². The summed E-state index contributed by atoms with van der Waals surface area (Å²) < 4.78 is 34.7. The molecule has 0 saturated carbocycles. The van der Waals surface area contributed by atoms with Gasteiger partial charge in [0.15, 0.2) is 0 Å². The first kappa shape index (κ1) is 28.4. The van der Waals surface area contributed by atoms with Gasteiger partial charge in [0.1, 0.15) is 5.60 Å². The van der Waals surface area contributed by atoms with E-state index in [1.54, 1.807) is 34.1 Å². The van der Waals surface area contributed by atoms with E-state index in [1.807, 2.05) is 45.9 Å². The highest BCUT2D eigenvalue weighted by Crippen LogP contribution is 2.43. The average molecular weight is 570 g/mol. The number of sulfonamides is 1. The third kappa shape index (κ3) is 5.06. The van der Waals surface area contributed by atoms with Gasteiger partial charge in [-0.1, -0.05) is 49.7 Å². The Hall–Kier alpha value is -3.14. The number of ether oxygens (including phenoxy) is 1. The quantitative estimate of drug-likeness (QED) is 0.529. The highest BCUT2D eigenvalue weighted by atomic mass is 32.2. The minimum Gasteiger partial charge on any atom is -0.444 e. The van der Waals surface area contributed by atoms with E-state index in [2.05, 4.69) is 0 Å². The van der Waals surface area contributed by atoms with Crippen LogP contribution in [0.1, 0.15) is 59.8 Å². The number of likely N-dealkylation sites (tertiary alicyclic amines) is 2. The third-order valence-corrected chi connectivity index (χ3v) is 10.2. The van der Waals surface area contributed by atoms with E-state index in [0.29, 0.717) is 57.1 Å². The SMILES string of the molecule is CCC[C@H]1C(=O)N(S(=O)(=O)c2cccc3ccccc23)[C@H]2CCN(C(=O)C3CCN(C(=O)OC(C)(C)C)CC3)[C@H]12. The number of hydrogen-bond acceptors (Lipinski definition) is 6. The van der Waals surface area contributed by atoms with Gasteiger partial charge in [0.25, 0.3) is 10.0 Å². The molecule has 3 atom stereocenters. The number of benzene rings is 2. The molecule has 3 fully saturated rings. The van der Waals surface area contributed by atoms with Crippen molar-refractivity contribution in [2.75, 3.05) is 19.6 Å². The highest BCUT2D eigenvalue weighted by Gasteiger charge is 2.58. The van der Waals surface area contributed by atoms with Gasteiger partial charge in [0, 0.05) is 30.9 Å². The summed E-state index contributed by atoms with van der Waals surface area (Å²) in [4.78, 5) is 43.6. The van der Waals surface area contributed by atoms with Gasteiger partial charge in [-0.05, 0) is 57.9 Å². The summed E-state index contributed by atoms with van der Waals surface area (Å²) in [6, 6.07) is 11.3. The predicted octanol–water partition coefficient (Wildman–Crippen LogP) is 4.40. The van der Waals surface area contributed by atoms with E-state index < -0.39 is 39.5 Å². The van der Waals surface area contributed by atoms with Crippen LogP contribution in [0, 0.1) is 11.8 Å². The Labute approximate surface area is 236 Å². The van der Waals surface area contributed by atoms with Gasteiger partial charge < -0.3 is 14.5 Å². The third-order valence-electron chi connectivity index (χ3n) is 8.33. The predicted molar refractivity (Wildman–Crippen MR) is 151 cm³/mol. The normalized spacial score (nSPS) is 24.1. The molecule has 0 aliphatic carbocycles. The summed E-state index contributed by atoms with van der Waals surface area (Å²) in [5.41, 5.74) is -0.587. The number of carbonyl (C=O) groups excluding carboxylic acids is 3. The highest BCUT2D eigenvalue weighted by molar-refractivity contribution is 7.90. The van der Waals surface area contributed by atoms with Gasteiger partial charge in [0.2, 0.25) is 11.8 Å². The number of amides is 3. The lowest BCUT2D eigenvalue weighted by Gasteiger charge is -2.36. The molecule has 0 radical (unpaired) electrons. The Balaban J connectivity index is 1.37. The van der Waals surface area contributed by atoms with Crippen LogP contribution in [-0.2, 0) is 24.3 Å². The van der Waals surface area contributed by atoms with Crippen molar-refractivity contribution in [3.05, 3.63) is 42.5 Å². The van der Waals surface area contributed by atoms with Gasteiger partial charge >= 0.3 is 6.09 Å². The maximum absolute atomic E-state index is 14.1. The fourth-order valence-corrected chi connectivity index (χ4v) is 8.45. The molecule has 0 N–H and O–H groups in total. The van der Waals surface area contributed by atoms with Crippen molar-refractivity contribution in [2.45, 2.75) is 82.4 Å². The lowest BCUT2D eigenvalue weighted by atomic mass is 9.91. The summed E-state index contributed by atoms with van der Waals surface area (Å²) in [7, 11) is -4.14. The van der Waals surface area contributed by atoms with Crippen molar-refractivity contribution < 1.29 is 27.5 Å². The molecule has 3 amide bonds. The van der Waals surface area contributed by atoms with Crippen LogP contribution < -0.4 is 0 Å². The zero-order valence-electron chi connectivity index (χ0n) is 23.7. The molecule has 3 heterocycles. The van der Waals surface area contributed by atoms with Crippen LogP contribution in [-0.4, -0.2) is 77.7 Å². The van der Waals surface area contributed by atoms with Crippen LogP contribution in [0.4, 0.5) is 4.79 Å². The number of fused-ring (bicyclic) bond motifs is 2. The molecule has 3 aliphatic heterocycles. The zero-order chi connectivity index (χ0) is 28.8. The smallest absolute Gasteiger partial charge is 0.410 e. The fourth-order valence-electron chi connectivity index (χ4n) is 6.57. The van der Waals surface area contributed by atoms with Crippen LogP contribution in [0.5, 0.6) is 0 Å². The Morgan fingerprint density at radius 1 is 0.975 bits per heavy atom. The first-order valence-corrected chi connectivity index (χ1v) is 15.7. The van der Waals surface area contributed by atoms with E-state index >= 15 is 0 Å². The Bertz CT molecular complexity index is 1400. The van der Waals surface area contributed by atoms with E-state index in [4.69, 9.17) is 4.74 Å². The largest absolute Gasteiger partial charge is 0.444 e. The maximum Gasteiger partial charge on any atom is 0.410 e. The van der Waals surface area contributed by atoms with Crippen molar-refractivity contribution in [2.24, 2.45) is 11.8 Å². The fraction of sp³-hybridized carbons (Fsp3) is 0.567. The van der Waals surface area contributed by atoms with Gasteiger partial charge in [0.05, 0.1) is 22.9 Å². The number of hydrogen-bond donors (Lipinski definition) is 0. The second-order valence-corrected chi connectivity index (χ2v) is 13.9. The molecule has 40 heavy (non-hydrogen) atoms. The summed E-state index contributed by atoms with van der Waals surface area (Å²) in [5, 5.41) is 1.37. The molecule has 10 heteroatoms. The number of piperidine rings is 1. The molecule has 2 aromatic rings. The van der Waals surface area contributed by atoms with Crippen LogP contribution in [0.25, 0.3) is 10.8 Å². The van der Waals surface area contributed by atoms with Gasteiger partial charge in [-0.3, -0.25) is 9.59 Å². The van der Waals surface area contributed by atoms with Crippen LogP contribution in [0.15, 0.2) is 47.4 Å².